The van der Waals surface area contributed by atoms with Gasteiger partial charge in [-0.1, -0.05) is 54.1 Å². The van der Waals surface area contributed by atoms with Crippen LogP contribution in [0.2, 0.25) is 5.02 Å². The van der Waals surface area contributed by atoms with Gasteiger partial charge in [-0.2, -0.15) is 0 Å². The lowest BCUT2D eigenvalue weighted by Crippen LogP contribution is -2.20. The number of halogens is 1. The number of hydrogen-bond donors (Lipinski definition) is 1. The molecule has 23 heavy (non-hydrogen) atoms. The monoisotopic (exact) mass is 344 g/mol. The molecule has 0 atom stereocenters. The summed E-state index contributed by atoms with van der Waals surface area (Å²) in [6.07, 6.45) is 0. The maximum atomic E-state index is 11.9. The summed E-state index contributed by atoms with van der Waals surface area (Å²) in [5, 5.41) is 5.64. The van der Waals surface area contributed by atoms with E-state index in [1.165, 1.54) is 11.3 Å². The van der Waals surface area contributed by atoms with E-state index in [2.05, 4.69) is 10.3 Å². The van der Waals surface area contributed by atoms with Crippen LogP contribution >= 0.6 is 22.9 Å². The van der Waals surface area contributed by atoms with E-state index in [9.17, 15) is 4.79 Å². The maximum Gasteiger partial charge on any atom is 0.264 e. The number of nitrogens with zero attached hydrogens (tertiary/aromatic N) is 1. The average molecular weight is 345 g/mol. The molecule has 2 aromatic carbocycles. The molecule has 1 aromatic heterocycles. The van der Waals surface area contributed by atoms with E-state index in [0.717, 1.165) is 11.3 Å². The molecule has 0 aliphatic rings. The van der Waals surface area contributed by atoms with E-state index in [0.29, 0.717) is 15.9 Å². The van der Waals surface area contributed by atoms with Crippen LogP contribution in [0.1, 0.15) is 0 Å². The SMILES string of the molecule is O=C(COc1ccccc1Cl)Nc1nc(-c2ccccc2)cs1. The Morgan fingerprint density at radius 2 is 1.87 bits per heavy atom. The first-order valence-corrected chi connectivity index (χ1v) is 8.16. The topological polar surface area (TPSA) is 51.2 Å². The van der Waals surface area contributed by atoms with Gasteiger partial charge in [0.25, 0.3) is 5.91 Å². The summed E-state index contributed by atoms with van der Waals surface area (Å²) < 4.78 is 5.40. The summed E-state index contributed by atoms with van der Waals surface area (Å²) >= 11 is 7.34. The average Bonchev–Trinajstić information content (AvgIpc) is 3.03. The van der Waals surface area contributed by atoms with Crippen LogP contribution in [0.25, 0.3) is 11.3 Å². The Kier molecular flexibility index (Phi) is 4.90. The lowest BCUT2D eigenvalue weighted by atomic mass is 10.2. The van der Waals surface area contributed by atoms with Crippen LogP contribution in [0.4, 0.5) is 5.13 Å². The number of benzene rings is 2. The van der Waals surface area contributed by atoms with E-state index in [1.807, 2.05) is 35.7 Å². The summed E-state index contributed by atoms with van der Waals surface area (Å²) in [6.45, 7) is -0.121. The Morgan fingerprint density at radius 1 is 1.13 bits per heavy atom. The number of amides is 1. The second kappa shape index (κ2) is 7.26. The molecule has 0 radical (unpaired) electrons. The molecule has 1 amide bonds. The van der Waals surface area contributed by atoms with Crippen LogP contribution in [0, 0.1) is 0 Å². The number of thiazole rings is 1. The number of aromatic nitrogens is 1. The van der Waals surface area contributed by atoms with Crippen molar-refractivity contribution in [1.29, 1.82) is 0 Å². The van der Waals surface area contributed by atoms with Gasteiger partial charge in [0.1, 0.15) is 5.75 Å². The van der Waals surface area contributed by atoms with Crippen molar-refractivity contribution < 1.29 is 9.53 Å². The minimum absolute atomic E-state index is 0.121. The predicted octanol–water partition coefficient (Wildman–Crippen LogP) is 4.48. The van der Waals surface area contributed by atoms with Gasteiger partial charge in [-0.25, -0.2) is 4.98 Å². The van der Waals surface area contributed by atoms with Crippen molar-refractivity contribution in [2.24, 2.45) is 0 Å². The lowest BCUT2D eigenvalue weighted by Gasteiger charge is -2.07. The lowest BCUT2D eigenvalue weighted by molar-refractivity contribution is -0.118. The molecule has 1 N–H and O–H groups in total. The van der Waals surface area contributed by atoms with E-state index in [4.69, 9.17) is 16.3 Å². The zero-order valence-electron chi connectivity index (χ0n) is 12.0. The highest BCUT2D eigenvalue weighted by Crippen LogP contribution is 2.25. The van der Waals surface area contributed by atoms with Crippen molar-refractivity contribution in [3.05, 3.63) is 65.0 Å². The fraction of sp³-hybridized carbons (Fsp3) is 0.0588. The molecule has 0 saturated heterocycles. The Bertz CT molecular complexity index is 805. The fourth-order valence-corrected chi connectivity index (χ4v) is 2.86. The molecule has 6 heteroatoms. The minimum atomic E-state index is -0.279. The summed E-state index contributed by atoms with van der Waals surface area (Å²) in [5.74, 6) is 0.201. The molecule has 0 bridgehead atoms. The highest BCUT2D eigenvalue weighted by atomic mass is 35.5. The molecular weight excluding hydrogens is 332 g/mol. The van der Waals surface area contributed by atoms with Gasteiger partial charge < -0.3 is 4.74 Å². The molecule has 4 nitrogen and oxygen atoms in total. The number of para-hydroxylation sites is 1. The van der Waals surface area contributed by atoms with Gasteiger partial charge in [-0.05, 0) is 12.1 Å². The molecule has 0 unspecified atom stereocenters. The first-order chi connectivity index (χ1) is 11.2. The number of hydrogen-bond acceptors (Lipinski definition) is 4. The summed E-state index contributed by atoms with van der Waals surface area (Å²) in [4.78, 5) is 16.3. The van der Waals surface area contributed by atoms with Crippen LogP contribution in [-0.2, 0) is 4.79 Å². The molecule has 0 aliphatic heterocycles. The second-order valence-corrected chi connectivity index (χ2v) is 5.94. The summed E-state index contributed by atoms with van der Waals surface area (Å²) in [7, 11) is 0. The number of carbonyl (C=O) groups is 1. The van der Waals surface area contributed by atoms with Crippen molar-refractivity contribution in [1.82, 2.24) is 4.98 Å². The highest BCUT2D eigenvalue weighted by Gasteiger charge is 2.09. The van der Waals surface area contributed by atoms with Gasteiger partial charge in [0, 0.05) is 10.9 Å². The van der Waals surface area contributed by atoms with E-state index in [-0.39, 0.29) is 12.5 Å². The fourth-order valence-electron chi connectivity index (χ4n) is 1.93. The molecule has 0 fully saturated rings. The van der Waals surface area contributed by atoms with Gasteiger partial charge in [0.15, 0.2) is 11.7 Å². The normalized spacial score (nSPS) is 10.3. The third kappa shape index (κ3) is 4.09. The van der Waals surface area contributed by atoms with Gasteiger partial charge in [0.05, 0.1) is 10.7 Å². The number of rotatable bonds is 5. The van der Waals surface area contributed by atoms with Crippen LogP contribution in [-0.4, -0.2) is 17.5 Å². The molecule has 0 aliphatic carbocycles. The molecule has 116 valence electrons. The van der Waals surface area contributed by atoms with Gasteiger partial charge in [0.2, 0.25) is 0 Å². The Balaban J connectivity index is 1.58. The third-order valence-electron chi connectivity index (χ3n) is 3.02. The first kappa shape index (κ1) is 15.5. The molecule has 0 spiro atoms. The van der Waals surface area contributed by atoms with Crippen molar-refractivity contribution in [2.45, 2.75) is 0 Å². The van der Waals surface area contributed by atoms with Crippen molar-refractivity contribution >= 4 is 34.0 Å². The summed E-state index contributed by atoms with van der Waals surface area (Å²) in [6, 6.07) is 16.8. The summed E-state index contributed by atoms with van der Waals surface area (Å²) in [5.41, 5.74) is 1.84. The van der Waals surface area contributed by atoms with Crippen molar-refractivity contribution in [3.8, 4) is 17.0 Å². The van der Waals surface area contributed by atoms with Gasteiger partial charge >= 0.3 is 0 Å². The Hall–Kier alpha value is -2.37. The molecular formula is C17H13ClN2O2S. The van der Waals surface area contributed by atoms with Crippen LogP contribution in [0.15, 0.2) is 60.0 Å². The quantitative estimate of drug-likeness (QED) is 0.742. The van der Waals surface area contributed by atoms with E-state index in [1.54, 1.807) is 24.3 Å². The minimum Gasteiger partial charge on any atom is -0.482 e. The maximum absolute atomic E-state index is 11.9. The smallest absolute Gasteiger partial charge is 0.264 e. The highest BCUT2D eigenvalue weighted by molar-refractivity contribution is 7.14. The van der Waals surface area contributed by atoms with Crippen LogP contribution in [0.5, 0.6) is 5.75 Å². The predicted molar refractivity (Wildman–Crippen MR) is 93.1 cm³/mol. The Morgan fingerprint density at radius 3 is 2.65 bits per heavy atom. The molecule has 3 rings (SSSR count). The largest absolute Gasteiger partial charge is 0.482 e. The van der Waals surface area contributed by atoms with E-state index >= 15 is 0 Å². The van der Waals surface area contributed by atoms with Crippen LogP contribution < -0.4 is 10.1 Å². The second-order valence-electron chi connectivity index (χ2n) is 4.67. The van der Waals surface area contributed by atoms with Crippen molar-refractivity contribution in [2.75, 3.05) is 11.9 Å². The van der Waals surface area contributed by atoms with Crippen molar-refractivity contribution in [3.63, 3.8) is 0 Å². The molecule has 3 aromatic rings. The van der Waals surface area contributed by atoms with Gasteiger partial charge in [-0.15, -0.1) is 11.3 Å². The third-order valence-corrected chi connectivity index (χ3v) is 4.09. The first-order valence-electron chi connectivity index (χ1n) is 6.90. The number of ether oxygens (including phenoxy) is 1. The molecule has 1 heterocycles. The number of carbonyl (C=O) groups excluding carboxylic acids is 1. The molecule has 0 saturated carbocycles. The van der Waals surface area contributed by atoms with E-state index < -0.39 is 0 Å². The Labute approximate surface area is 142 Å². The zero-order chi connectivity index (χ0) is 16.1. The van der Waals surface area contributed by atoms with Gasteiger partial charge in [-0.3, -0.25) is 10.1 Å². The number of nitrogens with one attached hydrogen (secondary N) is 1. The number of anilines is 1. The van der Waals surface area contributed by atoms with Crippen LogP contribution in [0.3, 0.4) is 0 Å². The standard InChI is InChI=1S/C17H13ClN2O2S/c18-13-8-4-5-9-15(13)22-10-16(21)20-17-19-14(11-23-17)12-6-2-1-3-7-12/h1-9,11H,10H2,(H,19,20,21). The zero-order valence-corrected chi connectivity index (χ0v) is 13.6.